The molecule has 1 aromatic carbocycles. The van der Waals surface area contributed by atoms with E-state index in [1.165, 1.54) is 0 Å². The van der Waals surface area contributed by atoms with Gasteiger partial charge in [0.05, 0.1) is 23.2 Å². The van der Waals surface area contributed by atoms with E-state index >= 15 is 0 Å². The van der Waals surface area contributed by atoms with Gasteiger partial charge in [-0.15, -0.1) is 11.3 Å². The number of ether oxygens (including phenoxy) is 2. The number of amides is 1. The monoisotopic (exact) mass is 346 g/mol. The first-order valence-corrected chi connectivity index (χ1v) is 9.01. The molecule has 128 valence electrons. The number of nitrogens with zero attached hydrogens (tertiary/aromatic N) is 1. The number of fused-ring (bicyclic) bond motifs is 1. The number of aromatic nitrogens is 1. The quantitative estimate of drug-likeness (QED) is 0.902. The number of rotatable bonds is 5. The Morgan fingerprint density at radius 1 is 1.29 bits per heavy atom. The number of carbonyl (C=O) groups excluding carboxylic acids is 1. The van der Waals surface area contributed by atoms with Gasteiger partial charge in [0.15, 0.2) is 11.5 Å². The average molecular weight is 346 g/mol. The lowest BCUT2D eigenvalue weighted by molar-refractivity contribution is -0.121. The lowest BCUT2D eigenvalue weighted by atomic mass is 9.95. The van der Waals surface area contributed by atoms with Gasteiger partial charge in [-0.05, 0) is 30.5 Å². The number of nitrogens with one attached hydrogen (secondary N) is 1. The van der Waals surface area contributed by atoms with E-state index in [-0.39, 0.29) is 17.9 Å². The number of hydrogen-bond donors (Lipinski definition) is 1. The number of benzene rings is 1. The highest BCUT2D eigenvalue weighted by Gasteiger charge is 2.21. The molecule has 0 saturated carbocycles. The first-order valence-electron chi connectivity index (χ1n) is 8.13. The van der Waals surface area contributed by atoms with Gasteiger partial charge in [-0.25, -0.2) is 4.98 Å². The van der Waals surface area contributed by atoms with Crippen LogP contribution in [0.25, 0.3) is 0 Å². The fourth-order valence-electron chi connectivity index (χ4n) is 2.77. The lowest BCUT2D eigenvalue weighted by Crippen LogP contribution is -2.33. The first kappa shape index (κ1) is 16.8. The van der Waals surface area contributed by atoms with E-state index < -0.39 is 0 Å². The van der Waals surface area contributed by atoms with E-state index in [0.29, 0.717) is 19.6 Å². The minimum atomic E-state index is -0.0759. The smallest absolute Gasteiger partial charge is 0.226 e. The molecule has 0 fully saturated rings. The SMILES string of the molecule is Cc1nc(CC(=O)NC(c2ccc3c(c2)OCCO3)C(C)C)cs1. The van der Waals surface area contributed by atoms with Gasteiger partial charge in [-0.3, -0.25) is 4.79 Å². The third-order valence-electron chi connectivity index (χ3n) is 3.92. The van der Waals surface area contributed by atoms with E-state index in [0.717, 1.165) is 27.8 Å². The van der Waals surface area contributed by atoms with Crippen LogP contribution in [-0.2, 0) is 11.2 Å². The van der Waals surface area contributed by atoms with Crippen LogP contribution in [0.2, 0.25) is 0 Å². The fraction of sp³-hybridized carbons (Fsp3) is 0.444. The summed E-state index contributed by atoms with van der Waals surface area (Å²) in [5.41, 5.74) is 1.84. The molecule has 0 radical (unpaired) electrons. The Hall–Kier alpha value is -2.08. The molecule has 2 heterocycles. The van der Waals surface area contributed by atoms with Crippen molar-refractivity contribution in [2.75, 3.05) is 13.2 Å². The standard InChI is InChI=1S/C18H22N2O3S/c1-11(2)18(20-17(21)9-14-10-24-12(3)19-14)13-4-5-15-16(8-13)23-7-6-22-15/h4-5,8,10-11,18H,6-7,9H2,1-3H3,(H,20,21). The van der Waals surface area contributed by atoms with Gasteiger partial charge in [-0.1, -0.05) is 19.9 Å². The summed E-state index contributed by atoms with van der Waals surface area (Å²) in [5.74, 6) is 1.74. The van der Waals surface area contributed by atoms with Crippen LogP contribution in [0.5, 0.6) is 11.5 Å². The Labute approximate surface area is 146 Å². The molecule has 0 spiro atoms. The molecule has 24 heavy (non-hydrogen) atoms. The highest BCUT2D eigenvalue weighted by molar-refractivity contribution is 7.09. The summed E-state index contributed by atoms with van der Waals surface area (Å²) in [7, 11) is 0. The number of aryl methyl sites for hydroxylation is 1. The second-order valence-electron chi connectivity index (χ2n) is 6.23. The van der Waals surface area contributed by atoms with Crippen molar-refractivity contribution in [3.63, 3.8) is 0 Å². The molecule has 3 rings (SSSR count). The molecule has 1 aliphatic rings. The molecule has 2 aromatic rings. The molecule has 1 amide bonds. The highest BCUT2D eigenvalue weighted by atomic mass is 32.1. The highest BCUT2D eigenvalue weighted by Crippen LogP contribution is 2.34. The zero-order valence-electron chi connectivity index (χ0n) is 14.2. The second-order valence-corrected chi connectivity index (χ2v) is 7.29. The molecular formula is C18H22N2O3S. The summed E-state index contributed by atoms with van der Waals surface area (Å²) >= 11 is 1.56. The van der Waals surface area contributed by atoms with E-state index in [1.807, 2.05) is 30.5 Å². The molecule has 0 bridgehead atoms. The van der Waals surface area contributed by atoms with Gasteiger partial charge in [0, 0.05) is 5.38 Å². The van der Waals surface area contributed by atoms with Crippen molar-refractivity contribution in [3.8, 4) is 11.5 Å². The zero-order chi connectivity index (χ0) is 17.1. The lowest BCUT2D eigenvalue weighted by Gasteiger charge is -2.25. The maximum atomic E-state index is 12.4. The summed E-state index contributed by atoms with van der Waals surface area (Å²) in [6.45, 7) is 7.25. The van der Waals surface area contributed by atoms with Crippen LogP contribution in [0.4, 0.5) is 0 Å². The number of hydrogen-bond acceptors (Lipinski definition) is 5. The summed E-state index contributed by atoms with van der Waals surface area (Å²) in [4.78, 5) is 16.8. The van der Waals surface area contributed by atoms with Crippen LogP contribution in [-0.4, -0.2) is 24.1 Å². The summed E-state index contributed by atoms with van der Waals surface area (Å²) in [5, 5.41) is 6.04. The van der Waals surface area contributed by atoms with E-state index in [9.17, 15) is 4.79 Å². The fourth-order valence-corrected chi connectivity index (χ4v) is 3.38. The van der Waals surface area contributed by atoms with Crippen molar-refractivity contribution < 1.29 is 14.3 Å². The van der Waals surface area contributed by atoms with Gasteiger partial charge < -0.3 is 14.8 Å². The molecule has 1 atom stereocenters. The van der Waals surface area contributed by atoms with Crippen LogP contribution >= 0.6 is 11.3 Å². The Morgan fingerprint density at radius 2 is 2.04 bits per heavy atom. The van der Waals surface area contributed by atoms with Crippen molar-refractivity contribution in [1.82, 2.24) is 10.3 Å². The first-order chi connectivity index (χ1) is 11.5. The molecule has 1 unspecified atom stereocenters. The molecule has 0 aliphatic carbocycles. The Morgan fingerprint density at radius 3 is 2.71 bits per heavy atom. The van der Waals surface area contributed by atoms with Crippen LogP contribution in [0.3, 0.4) is 0 Å². The predicted octanol–water partition coefficient (Wildman–Crippen LogP) is 3.28. The second kappa shape index (κ2) is 7.21. The third kappa shape index (κ3) is 3.87. The van der Waals surface area contributed by atoms with Crippen molar-refractivity contribution in [2.45, 2.75) is 33.2 Å². The van der Waals surface area contributed by atoms with Crippen LogP contribution in [0.1, 0.15) is 36.2 Å². The Balaban J connectivity index is 1.73. The van der Waals surface area contributed by atoms with Crippen LogP contribution in [0.15, 0.2) is 23.6 Å². The van der Waals surface area contributed by atoms with Crippen molar-refractivity contribution in [1.29, 1.82) is 0 Å². The third-order valence-corrected chi connectivity index (χ3v) is 4.74. The minimum Gasteiger partial charge on any atom is -0.486 e. The van der Waals surface area contributed by atoms with Gasteiger partial charge in [0.2, 0.25) is 5.91 Å². The van der Waals surface area contributed by atoms with Crippen molar-refractivity contribution in [3.05, 3.63) is 39.8 Å². The molecule has 1 aliphatic heterocycles. The number of thiazole rings is 1. The van der Waals surface area contributed by atoms with Crippen LogP contribution < -0.4 is 14.8 Å². The molecule has 0 saturated heterocycles. The van der Waals surface area contributed by atoms with E-state index in [1.54, 1.807) is 11.3 Å². The van der Waals surface area contributed by atoms with Gasteiger partial charge in [-0.2, -0.15) is 0 Å². The largest absolute Gasteiger partial charge is 0.486 e. The average Bonchev–Trinajstić information content (AvgIpc) is 2.96. The van der Waals surface area contributed by atoms with E-state index in [4.69, 9.17) is 9.47 Å². The van der Waals surface area contributed by atoms with Gasteiger partial charge >= 0.3 is 0 Å². The summed E-state index contributed by atoms with van der Waals surface area (Å²) < 4.78 is 11.2. The van der Waals surface area contributed by atoms with Gasteiger partial charge in [0.1, 0.15) is 13.2 Å². The molecule has 1 N–H and O–H groups in total. The molecule has 5 nitrogen and oxygen atoms in total. The number of carbonyl (C=O) groups is 1. The summed E-state index contributed by atoms with van der Waals surface area (Å²) in [6, 6.07) is 5.79. The normalized spacial score (nSPS) is 14.5. The van der Waals surface area contributed by atoms with Crippen molar-refractivity contribution in [2.24, 2.45) is 5.92 Å². The van der Waals surface area contributed by atoms with Crippen molar-refractivity contribution >= 4 is 17.2 Å². The maximum Gasteiger partial charge on any atom is 0.226 e. The molecule has 1 aromatic heterocycles. The van der Waals surface area contributed by atoms with Crippen LogP contribution in [0, 0.1) is 12.8 Å². The minimum absolute atomic E-state index is 0.0195. The predicted molar refractivity (Wildman–Crippen MR) is 93.7 cm³/mol. The van der Waals surface area contributed by atoms with Gasteiger partial charge in [0.25, 0.3) is 0 Å². The molecule has 6 heteroatoms. The maximum absolute atomic E-state index is 12.4. The Bertz CT molecular complexity index is 727. The topological polar surface area (TPSA) is 60.5 Å². The molecular weight excluding hydrogens is 324 g/mol. The Kier molecular flexibility index (Phi) is 5.04. The zero-order valence-corrected chi connectivity index (χ0v) is 15.0. The summed E-state index contributed by atoms with van der Waals surface area (Å²) in [6.07, 6.45) is 0.304. The van der Waals surface area contributed by atoms with E-state index in [2.05, 4.69) is 24.1 Å².